The maximum Gasteiger partial charge on any atom is 0.269 e. The fourth-order valence-electron chi connectivity index (χ4n) is 1.85. The number of imidazole rings is 1. The predicted molar refractivity (Wildman–Crippen MR) is 73.0 cm³/mol. The van der Waals surface area contributed by atoms with Gasteiger partial charge in [0.25, 0.3) is 5.69 Å². The van der Waals surface area contributed by atoms with E-state index in [1.165, 1.54) is 12.1 Å². The molecule has 2 N–H and O–H groups in total. The van der Waals surface area contributed by atoms with Crippen molar-refractivity contribution in [3.8, 4) is 0 Å². The highest BCUT2D eigenvalue weighted by molar-refractivity contribution is 5.48. The summed E-state index contributed by atoms with van der Waals surface area (Å²) in [6.07, 6.45) is 6.47. The van der Waals surface area contributed by atoms with Gasteiger partial charge < -0.3 is 10.4 Å². The molecule has 0 bridgehead atoms. The minimum atomic E-state index is -0.410. The van der Waals surface area contributed by atoms with Crippen LogP contribution in [0.25, 0.3) is 0 Å². The Labute approximate surface area is 116 Å². The molecule has 0 saturated carbocycles. The third-order valence-corrected chi connectivity index (χ3v) is 2.91. The molecule has 0 unspecified atom stereocenters. The van der Waals surface area contributed by atoms with Crippen LogP contribution in [-0.2, 0) is 13.3 Å². The van der Waals surface area contributed by atoms with Gasteiger partial charge in [-0.1, -0.05) is 0 Å². The average molecular weight is 277 g/mol. The highest BCUT2D eigenvalue weighted by atomic mass is 16.6. The van der Waals surface area contributed by atoms with Crippen molar-refractivity contribution >= 4 is 11.4 Å². The second-order valence-electron chi connectivity index (χ2n) is 4.39. The Morgan fingerprint density at radius 1 is 1.35 bits per heavy atom. The number of nitro groups is 1. The van der Waals surface area contributed by atoms with Crippen molar-refractivity contribution in [2.45, 2.75) is 19.7 Å². The van der Waals surface area contributed by atoms with E-state index in [1.807, 2.05) is 23.3 Å². The number of aliphatic hydroxyl groups excluding tert-OH is 1. The normalized spacial score (nSPS) is 10.4. The first-order valence-corrected chi connectivity index (χ1v) is 6.33. The molecule has 1 aromatic carbocycles. The maximum absolute atomic E-state index is 10.5. The van der Waals surface area contributed by atoms with Crippen molar-refractivity contribution in [2.24, 2.45) is 0 Å². The van der Waals surface area contributed by atoms with Crippen molar-refractivity contribution in [3.63, 3.8) is 0 Å². The van der Waals surface area contributed by atoms with Crippen LogP contribution in [0.15, 0.2) is 43.0 Å². The standard InChI is InChI=1S/C13H17N4O3/c18-11-16-9-8-15(10-16)7-1-6-14-12-2-4-13(5-3-12)17(19)20/h2-5,8-10,14,18H,1,6-7,11H2/q+1. The quantitative estimate of drug-likeness (QED) is 0.344. The highest BCUT2D eigenvalue weighted by Gasteiger charge is 2.04. The summed E-state index contributed by atoms with van der Waals surface area (Å²) in [5.41, 5.74) is 0.963. The first kappa shape index (κ1) is 14.0. The number of nitrogens with one attached hydrogen (secondary N) is 1. The minimum absolute atomic E-state index is 0.0198. The maximum atomic E-state index is 10.5. The molecule has 20 heavy (non-hydrogen) atoms. The number of aryl methyl sites for hydroxylation is 1. The molecule has 0 saturated heterocycles. The lowest BCUT2D eigenvalue weighted by Gasteiger charge is -2.04. The number of anilines is 1. The Hall–Kier alpha value is -2.41. The Balaban J connectivity index is 1.74. The van der Waals surface area contributed by atoms with Gasteiger partial charge in [-0.2, -0.15) is 0 Å². The molecular weight excluding hydrogens is 260 g/mol. The van der Waals surface area contributed by atoms with Crippen LogP contribution in [0, 0.1) is 10.1 Å². The third-order valence-electron chi connectivity index (χ3n) is 2.91. The number of benzene rings is 1. The zero-order valence-corrected chi connectivity index (χ0v) is 11.0. The molecule has 0 fully saturated rings. The van der Waals surface area contributed by atoms with Crippen molar-refractivity contribution in [1.82, 2.24) is 4.57 Å². The summed E-state index contributed by atoms with van der Waals surface area (Å²) in [7, 11) is 0. The molecule has 1 heterocycles. The van der Waals surface area contributed by atoms with E-state index in [4.69, 9.17) is 5.11 Å². The van der Waals surface area contributed by atoms with E-state index in [0.29, 0.717) is 0 Å². The lowest BCUT2D eigenvalue weighted by atomic mass is 10.3. The largest absolute Gasteiger partial charge is 0.385 e. The molecule has 0 amide bonds. The Morgan fingerprint density at radius 3 is 2.70 bits per heavy atom. The summed E-state index contributed by atoms with van der Waals surface area (Å²) < 4.78 is 3.68. The van der Waals surface area contributed by atoms with E-state index in [2.05, 4.69) is 5.32 Å². The first-order chi connectivity index (χ1) is 9.69. The molecule has 7 nitrogen and oxygen atoms in total. The molecule has 0 atom stereocenters. The molecule has 1 aromatic heterocycles. The summed E-state index contributed by atoms with van der Waals surface area (Å²) in [6, 6.07) is 6.37. The molecule has 106 valence electrons. The monoisotopic (exact) mass is 277 g/mol. The summed E-state index contributed by atoms with van der Waals surface area (Å²) in [5, 5.41) is 22.7. The molecule has 2 aromatic rings. The molecule has 2 rings (SSSR count). The number of rotatable bonds is 7. The van der Waals surface area contributed by atoms with Crippen LogP contribution in [0.3, 0.4) is 0 Å². The highest BCUT2D eigenvalue weighted by Crippen LogP contribution is 2.15. The number of hydrogen-bond donors (Lipinski definition) is 2. The van der Waals surface area contributed by atoms with Crippen LogP contribution in [-0.4, -0.2) is 21.1 Å². The lowest BCUT2D eigenvalue weighted by Crippen LogP contribution is -2.30. The number of nitrogens with zero attached hydrogens (tertiary/aromatic N) is 3. The van der Waals surface area contributed by atoms with Gasteiger partial charge in [0.1, 0.15) is 12.4 Å². The van der Waals surface area contributed by atoms with Crippen LogP contribution in [0.2, 0.25) is 0 Å². The van der Waals surface area contributed by atoms with Gasteiger partial charge in [-0.05, 0) is 12.1 Å². The van der Waals surface area contributed by atoms with E-state index >= 15 is 0 Å². The minimum Gasteiger partial charge on any atom is -0.385 e. The van der Waals surface area contributed by atoms with Crippen molar-refractivity contribution in [1.29, 1.82) is 0 Å². The van der Waals surface area contributed by atoms with E-state index in [0.717, 1.165) is 25.2 Å². The number of hydrogen-bond acceptors (Lipinski definition) is 4. The lowest BCUT2D eigenvalue weighted by molar-refractivity contribution is -0.729. The van der Waals surface area contributed by atoms with E-state index in [1.54, 1.807) is 16.7 Å². The van der Waals surface area contributed by atoms with Crippen LogP contribution >= 0.6 is 0 Å². The second kappa shape index (κ2) is 6.67. The van der Waals surface area contributed by atoms with Gasteiger partial charge in [0.2, 0.25) is 6.33 Å². The second-order valence-corrected chi connectivity index (χ2v) is 4.39. The van der Waals surface area contributed by atoms with E-state index < -0.39 is 4.92 Å². The fourth-order valence-corrected chi connectivity index (χ4v) is 1.85. The van der Waals surface area contributed by atoms with Crippen LogP contribution < -0.4 is 9.88 Å². The van der Waals surface area contributed by atoms with Gasteiger partial charge in [-0.15, -0.1) is 0 Å². The van der Waals surface area contributed by atoms with E-state index in [9.17, 15) is 10.1 Å². The van der Waals surface area contributed by atoms with Gasteiger partial charge >= 0.3 is 0 Å². The van der Waals surface area contributed by atoms with Crippen molar-refractivity contribution < 1.29 is 14.6 Å². The number of aromatic nitrogens is 2. The van der Waals surface area contributed by atoms with Crippen molar-refractivity contribution in [3.05, 3.63) is 53.1 Å². The summed E-state index contributed by atoms with van der Waals surface area (Å²) in [6.45, 7) is 1.59. The summed E-state index contributed by atoms with van der Waals surface area (Å²) in [4.78, 5) is 10.1. The fraction of sp³-hybridized carbons (Fsp3) is 0.308. The molecule has 0 aliphatic carbocycles. The molecule has 0 aliphatic rings. The first-order valence-electron chi connectivity index (χ1n) is 6.33. The molecule has 7 heteroatoms. The van der Waals surface area contributed by atoms with Crippen molar-refractivity contribution in [2.75, 3.05) is 11.9 Å². The summed E-state index contributed by atoms with van der Waals surface area (Å²) >= 11 is 0. The average Bonchev–Trinajstić information content (AvgIpc) is 2.92. The zero-order chi connectivity index (χ0) is 14.4. The SMILES string of the molecule is O=[N+]([O-])c1ccc(NCCCn2cc[n+](CO)c2)cc1. The molecule has 0 radical (unpaired) electrons. The topological polar surface area (TPSA) is 84.2 Å². The van der Waals surface area contributed by atoms with Crippen LogP contribution in [0.5, 0.6) is 0 Å². The molecule has 0 aliphatic heterocycles. The predicted octanol–water partition coefficient (Wildman–Crippen LogP) is 1.14. The molecular formula is C13H17N4O3+. The number of aliphatic hydroxyl groups is 1. The number of non-ortho nitro benzene ring substituents is 1. The van der Waals surface area contributed by atoms with Crippen LogP contribution in [0.4, 0.5) is 11.4 Å². The van der Waals surface area contributed by atoms with Gasteiger partial charge in [0.15, 0.2) is 6.73 Å². The Bertz CT molecular complexity index is 565. The molecule has 0 spiro atoms. The van der Waals surface area contributed by atoms with Gasteiger partial charge in [0.05, 0.1) is 11.5 Å². The number of nitro benzene ring substituents is 1. The van der Waals surface area contributed by atoms with Crippen LogP contribution in [0.1, 0.15) is 6.42 Å². The third kappa shape index (κ3) is 3.79. The Morgan fingerprint density at radius 2 is 2.10 bits per heavy atom. The smallest absolute Gasteiger partial charge is 0.269 e. The zero-order valence-electron chi connectivity index (χ0n) is 11.0. The van der Waals surface area contributed by atoms with Gasteiger partial charge in [-0.3, -0.25) is 10.1 Å². The summed E-state index contributed by atoms with van der Waals surface area (Å²) in [5.74, 6) is 0. The van der Waals surface area contributed by atoms with E-state index in [-0.39, 0.29) is 12.4 Å². The van der Waals surface area contributed by atoms with Gasteiger partial charge in [0, 0.05) is 30.8 Å². The Kier molecular flexibility index (Phi) is 4.67. The van der Waals surface area contributed by atoms with Gasteiger partial charge in [-0.25, -0.2) is 9.13 Å².